The van der Waals surface area contributed by atoms with Crippen LogP contribution in [0.15, 0.2) is 91.0 Å². The summed E-state index contributed by atoms with van der Waals surface area (Å²) in [6.45, 7) is 8.22. The largest absolute Gasteiger partial charge is 0.460 e. The van der Waals surface area contributed by atoms with Crippen LogP contribution in [0.3, 0.4) is 0 Å². The first-order valence-electron chi connectivity index (χ1n) is 11.0. The summed E-state index contributed by atoms with van der Waals surface area (Å²) in [5.74, 6) is -0.335. The zero-order valence-corrected chi connectivity index (χ0v) is 20.1. The first-order valence-corrected chi connectivity index (χ1v) is 12.9. The third kappa shape index (κ3) is 5.74. The fourth-order valence-corrected chi connectivity index (χ4v) is 8.51. The molecule has 5 heteroatoms. The molecule has 4 nitrogen and oxygen atoms in total. The summed E-state index contributed by atoms with van der Waals surface area (Å²) in [6.07, 6.45) is 0. The Kier molecular flexibility index (Phi) is 8.39. The highest BCUT2D eigenvalue weighted by molar-refractivity contribution is 6.99. The first kappa shape index (κ1) is 23.9. The summed E-state index contributed by atoms with van der Waals surface area (Å²) in [4.78, 5) is 12.0. The second-order valence-corrected chi connectivity index (χ2v) is 12.9. The molecule has 0 spiro atoms. The van der Waals surface area contributed by atoms with E-state index in [9.17, 15) is 4.79 Å². The average molecular weight is 449 g/mol. The molecule has 0 aliphatic rings. The number of hydrogen-bond acceptors (Lipinski definition) is 4. The molecule has 0 amide bonds. The Morgan fingerprint density at radius 2 is 1.16 bits per heavy atom. The summed E-state index contributed by atoms with van der Waals surface area (Å²) < 4.78 is 17.8. The SMILES string of the molecule is CC(C)(C)[Si](OCCOCCOC(=O)c1ccccc1)(c1ccccc1)c1ccccc1. The molecule has 0 radical (unpaired) electrons. The van der Waals surface area contributed by atoms with Crippen LogP contribution in [0.25, 0.3) is 0 Å². The maximum Gasteiger partial charge on any atom is 0.338 e. The van der Waals surface area contributed by atoms with Crippen molar-refractivity contribution in [3.05, 3.63) is 96.6 Å². The van der Waals surface area contributed by atoms with Gasteiger partial charge in [0.05, 0.1) is 25.4 Å². The van der Waals surface area contributed by atoms with Gasteiger partial charge in [0.1, 0.15) is 6.61 Å². The van der Waals surface area contributed by atoms with E-state index in [0.29, 0.717) is 25.4 Å². The van der Waals surface area contributed by atoms with Gasteiger partial charge in [-0.1, -0.05) is 99.6 Å². The first-order chi connectivity index (χ1) is 15.4. The minimum absolute atomic E-state index is 0.0685. The molecule has 3 aromatic carbocycles. The number of carbonyl (C=O) groups is 1. The molecule has 0 bridgehead atoms. The number of benzene rings is 3. The van der Waals surface area contributed by atoms with E-state index in [1.165, 1.54) is 10.4 Å². The van der Waals surface area contributed by atoms with Crippen molar-refractivity contribution < 1.29 is 18.7 Å². The normalized spacial score (nSPS) is 11.8. The summed E-state index contributed by atoms with van der Waals surface area (Å²) >= 11 is 0. The van der Waals surface area contributed by atoms with Crippen molar-refractivity contribution in [2.75, 3.05) is 26.4 Å². The van der Waals surface area contributed by atoms with Gasteiger partial charge in [0.25, 0.3) is 8.32 Å². The lowest BCUT2D eigenvalue weighted by Crippen LogP contribution is -2.66. The molecule has 32 heavy (non-hydrogen) atoms. The molecule has 0 N–H and O–H groups in total. The van der Waals surface area contributed by atoms with E-state index < -0.39 is 8.32 Å². The Morgan fingerprint density at radius 3 is 1.66 bits per heavy atom. The number of esters is 1. The predicted octanol–water partition coefficient (Wildman–Crippen LogP) is 4.44. The zero-order valence-electron chi connectivity index (χ0n) is 19.1. The Hall–Kier alpha value is -2.73. The monoisotopic (exact) mass is 448 g/mol. The quantitative estimate of drug-likeness (QED) is 0.261. The molecular weight excluding hydrogens is 416 g/mol. The van der Waals surface area contributed by atoms with Crippen molar-refractivity contribution in [2.45, 2.75) is 25.8 Å². The van der Waals surface area contributed by atoms with E-state index in [-0.39, 0.29) is 17.6 Å². The molecule has 0 unspecified atom stereocenters. The van der Waals surface area contributed by atoms with Crippen molar-refractivity contribution in [1.29, 1.82) is 0 Å². The van der Waals surface area contributed by atoms with Crippen molar-refractivity contribution in [3.63, 3.8) is 0 Å². The Labute approximate surface area is 192 Å². The van der Waals surface area contributed by atoms with Gasteiger partial charge >= 0.3 is 5.97 Å². The van der Waals surface area contributed by atoms with E-state index in [4.69, 9.17) is 13.9 Å². The standard InChI is InChI=1S/C27H32O4Si/c1-27(2,3)32(24-15-9-5-10-16-24,25-17-11-6-12-18-25)31-22-20-29-19-21-30-26(28)23-13-7-4-8-14-23/h4-18H,19-22H2,1-3H3. The predicted molar refractivity (Wildman–Crippen MR) is 131 cm³/mol. The van der Waals surface area contributed by atoms with Gasteiger partial charge in [-0.15, -0.1) is 0 Å². The number of ether oxygens (including phenoxy) is 2. The van der Waals surface area contributed by atoms with Crippen LogP contribution in [0, 0.1) is 0 Å². The van der Waals surface area contributed by atoms with E-state index in [0.717, 1.165) is 0 Å². The lowest BCUT2D eigenvalue weighted by molar-refractivity contribution is 0.0267. The Bertz CT molecular complexity index is 914. The van der Waals surface area contributed by atoms with Crippen LogP contribution in [-0.4, -0.2) is 40.7 Å². The van der Waals surface area contributed by atoms with Crippen LogP contribution in [0.2, 0.25) is 5.04 Å². The van der Waals surface area contributed by atoms with Crippen LogP contribution >= 0.6 is 0 Å². The molecule has 3 rings (SSSR count). The summed E-state index contributed by atoms with van der Waals surface area (Å²) in [7, 11) is -2.55. The molecule has 0 atom stereocenters. The maximum atomic E-state index is 12.0. The van der Waals surface area contributed by atoms with Crippen molar-refractivity contribution in [2.24, 2.45) is 0 Å². The van der Waals surface area contributed by atoms with Crippen molar-refractivity contribution >= 4 is 24.7 Å². The second-order valence-electron chi connectivity index (χ2n) is 8.63. The molecule has 0 aliphatic carbocycles. The highest BCUT2D eigenvalue weighted by Gasteiger charge is 2.49. The zero-order chi connectivity index (χ0) is 22.9. The summed E-state index contributed by atoms with van der Waals surface area (Å²) in [6, 6.07) is 30.1. The van der Waals surface area contributed by atoms with Crippen molar-refractivity contribution in [1.82, 2.24) is 0 Å². The third-order valence-corrected chi connectivity index (χ3v) is 10.5. The topological polar surface area (TPSA) is 44.8 Å². The fraction of sp³-hybridized carbons (Fsp3) is 0.296. The lowest BCUT2D eigenvalue weighted by Gasteiger charge is -2.43. The van der Waals surface area contributed by atoms with Crippen LogP contribution in [0.5, 0.6) is 0 Å². The van der Waals surface area contributed by atoms with Gasteiger partial charge in [-0.3, -0.25) is 0 Å². The number of hydrogen-bond donors (Lipinski definition) is 0. The van der Waals surface area contributed by atoms with E-state index in [2.05, 4.69) is 69.3 Å². The van der Waals surface area contributed by atoms with Crippen LogP contribution in [0.1, 0.15) is 31.1 Å². The molecule has 0 fully saturated rings. The summed E-state index contributed by atoms with van der Waals surface area (Å²) in [5.41, 5.74) is 0.544. The van der Waals surface area contributed by atoms with Crippen LogP contribution < -0.4 is 10.4 Å². The minimum atomic E-state index is -2.55. The van der Waals surface area contributed by atoms with Gasteiger partial charge in [-0.25, -0.2) is 4.79 Å². The minimum Gasteiger partial charge on any atom is -0.460 e. The Balaban J connectivity index is 1.60. The number of rotatable bonds is 10. The van der Waals surface area contributed by atoms with Gasteiger partial charge in [0.15, 0.2) is 0 Å². The van der Waals surface area contributed by atoms with Gasteiger partial charge in [0.2, 0.25) is 0 Å². The molecule has 0 aliphatic heterocycles. The Morgan fingerprint density at radius 1 is 0.688 bits per heavy atom. The average Bonchev–Trinajstić information content (AvgIpc) is 2.81. The smallest absolute Gasteiger partial charge is 0.338 e. The molecule has 0 saturated carbocycles. The summed E-state index contributed by atoms with van der Waals surface area (Å²) in [5, 5.41) is 2.42. The maximum absolute atomic E-state index is 12.0. The third-order valence-electron chi connectivity index (χ3n) is 5.43. The van der Waals surface area contributed by atoms with Gasteiger partial charge in [0, 0.05) is 0 Å². The highest BCUT2D eigenvalue weighted by atomic mass is 28.4. The molecule has 3 aromatic rings. The number of carbonyl (C=O) groups excluding carboxylic acids is 1. The van der Waals surface area contributed by atoms with E-state index >= 15 is 0 Å². The van der Waals surface area contributed by atoms with E-state index in [1.54, 1.807) is 12.1 Å². The van der Waals surface area contributed by atoms with E-state index in [1.807, 2.05) is 30.3 Å². The van der Waals surface area contributed by atoms with Crippen LogP contribution in [0.4, 0.5) is 0 Å². The molecule has 0 saturated heterocycles. The second kappa shape index (κ2) is 11.2. The fourth-order valence-electron chi connectivity index (χ4n) is 3.97. The van der Waals surface area contributed by atoms with Gasteiger partial charge < -0.3 is 13.9 Å². The molecule has 168 valence electrons. The molecule has 0 heterocycles. The lowest BCUT2D eigenvalue weighted by atomic mass is 10.2. The van der Waals surface area contributed by atoms with Crippen LogP contribution in [-0.2, 0) is 13.9 Å². The highest BCUT2D eigenvalue weighted by Crippen LogP contribution is 2.36. The van der Waals surface area contributed by atoms with Gasteiger partial charge in [-0.05, 0) is 27.5 Å². The molecule has 0 aromatic heterocycles. The molecular formula is C27H32O4Si. The van der Waals surface area contributed by atoms with Crippen molar-refractivity contribution in [3.8, 4) is 0 Å². The van der Waals surface area contributed by atoms with Gasteiger partial charge in [-0.2, -0.15) is 0 Å².